The number of nitrogens with zero attached hydrogens (tertiary/aromatic N) is 1. The number of alkyl halides is 3. The first-order chi connectivity index (χ1) is 12.4. The summed E-state index contributed by atoms with van der Waals surface area (Å²) in [6.07, 6.45) is 0.146. The summed E-state index contributed by atoms with van der Waals surface area (Å²) in [4.78, 5) is 10.6. The predicted molar refractivity (Wildman–Crippen MR) is 90.9 cm³/mol. The van der Waals surface area contributed by atoms with Crippen molar-refractivity contribution in [2.75, 3.05) is 5.32 Å². The van der Waals surface area contributed by atoms with Crippen molar-refractivity contribution >= 4 is 11.4 Å². The molecule has 0 radical (unpaired) electrons. The van der Waals surface area contributed by atoms with Crippen molar-refractivity contribution in [3.63, 3.8) is 0 Å². The quantitative estimate of drug-likeness (QED) is 0.441. The monoisotopic (exact) mass is 360 g/mol. The summed E-state index contributed by atoms with van der Waals surface area (Å²) in [5.41, 5.74) is 0.552. The minimum atomic E-state index is -4.47. The van der Waals surface area contributed by atoms with Crippen LogP contribution < -0.4 is 5.32 Å². The summed E-state index contributed by atoms with van der Waals surface area (Å²) in [5.74, 6) is -0.120. The zero-order valence-corrected chi connectivity index (χ0v) is 13.5. The van der Waals surface area contributed by atoms with Crippen LogP contribution in [0.4, 0.5) is 24.5 Å². The van der Waals surface area contributed by atoms with Gasteiger partial charge in [-0.1, -0.05) is 36.4 Å². The molecule has 2 aromatic rings. The molecule has 3 atom stereocenters. The van der Waals surface area contributed by atoms with Crippen LogP contribution in [0, 0.1) is 16.0 Å². The number of nitrogens with one attached hydrogen (secondary N) is 1. The van der Waals surface area contributed by atoms with E-state index in [-0.39, 0.29) is 23.2 Å². The van der Waals surface area contributed by atoms with E-state index in [9.17, 15) is 23.3 Å². The number of benzene rings is 2. The maximum atomic E-state index is 13.5. The zero-order chi connectivity index (χ0) is 18.5. The van der Waals surface area contributed by atoms with Crippen molar-refractivity contribution in [3.8, 4) is 0 Å². The molecule has 1 N–H and O–H groups in total. The predicted octanol–water partition coefficient (Wildman–Crippen LogP) is 5.44. The van der Waals surface area contributed by atoms with Crippen LogP contribution in [-0.4, -0.2) is 4.92 Å². The molecule has 0 amide bonds. The number of fused-ring (bicyclic) bond motifs is 3. The molecule has 0 unspecified atom stereocenters. The van der Waals surface area contributed by atoms with Gasteiger partial charge in [-0.3, -0.25) is 10.1 Å². The van der Waals surface area contributed by atoms with Crippen LogP contribution in [0.1, 0.15) is 35.1 Å². The number of anilines is 1. The first-order valence-corrected chi connectivity index (χ1v) is 8.24. The van der Waals surface area contributed by atoms with Gasteiger partial charge >= 0.3 is 6.18 Å². The Labute approximate surface area is 147 Å². The summed E-state index contributed by atoms with van der Waals surface area (Å²) < 4.78 is 40.4. The molecule has 1 aliphatic heterocycles. The molecule has 4 rings (SSSR count). The van der Waals surface area contributed by atoms with Crippen molar-refractivity contribution in [1.29, 1.82) is 0 Å². The molecular weight excluding hydrogens is 345 g/mol. The Balaban J connectivity index is 1.83. The third-order valence-corrected chi connectivity index (χ3v) is 5.14. The maximum Gasteiger partial charge on any atom is 0.418 e. The molecule has 1 heterocycles. The molecule has 134 valence electrons. The van der Waals surface area contributed by atoms with Gasteiger partial charge in [-0.05, 0) is 29.5 Å². The topological polar surface area (TPSA) is 55.2 Å². The van der Waals surface area contributed by atoms with E-state index >= 15 is 0 Å². The lowest BCUT2D eigenvalue weighted by Crippen LogP contribution is -2.30. The van der Waals surface area contributed by atoms with Gasteiger partial charge in [-0.15, -0.1) is 0 Å². The van der Waals surface area contributed by atoms with Gasteiger partial charge in [-0.2, -0.15) is 13.2 Å². The Morgan fingerprint density at radius 2 is 1.92 bits per heavy atom. The van der Waals surface area contributed by atoms with Crippen LogP contribution in [-0.2, 0) is 6.18 Å². The standard InChI is InChI=1S/C19H15F3N2O2/c20-19(21,22)16-9-3-8-15-13-6-2-7-14(13)17(23-18(15)16)11-4-1-5-12(10-11)24(25)26/h1-6,8-10,13-14,17,23H,7H2/t13-,14+,17-/m1/s1. The highest BCUT2D eigenvalue weighted by atomic mass is 19.4. The summed E-state index contributed by atoms with van der Waals surface area (Å²) in [5, 5.41) is 14.1. The van der Waals surface area contributed by atoms with E-state index in [0.29, 0.717) is 17.5 Å². The molecule has 1 aliphatic carbocycles. The Morgan fingerprint density at radius 1 is 1.15 bits per heavy atom. The van der Waals surface area contributed by atoms with E-state index in [4.69, 9.17) is 0 Å². The van der Waals surface area contributed by atoms with Gasteiger partial charge in [0, 0.05) is 18.1 Å². The molecule has 26 heavy (non-hydrogen) atoms. The zero-order valence-electron chi connectivity index (χ0n) is 13.5. The number of hydrogen-bond acceptors (Lipinski definition) is 3. The fourth-order valence-corrected chi connectivity index (χ4v) is 4.02. The average Bonchev–Trinajstić information content (AvgIpc) is 3.09. The van der Waals surface area contributed by atoms with E-state index < -0.39 is 22.7 Å². The van der Waals surface area contributed by atoms with Crippen LogP contribution in [0.5, 0.6) is 0 Å². The van der Waals surface area contributed by atoms with Gasteiger partial charge in [0.05, 0.1) is 22.2 Å². The highest BCUT2D eigenvalue weighted by Crippen LogP contribution is 2.52. The van der Waals surface area contributed by atoms with E-state index in [2.05, 4.69) is 5.32 Å². The normalized spacial score (nSPS) is 23.9. The Bertz CT molecular complexity index is 908. The fraction of sp³-hybridized carbons (Fsp3) is 0.263. The Morgan fingerprint density at radius 3 is 2.65 bits per heavy atom. The van der Waals surface area contributed by atoms with Crippen molar-refractivity contribution in [2.24, 2.45) is 5.92 Å². The van der Waals surface area contributed by atoms with Crippen molar-refractivity contribution in [3.05, 3.63) is 81.4 Å². The van der Waals surface area contributed by atoms with Gasteiger partial charge in [0.25, 0.3) is 5.69 Å². The van der Waals surface area contributed by atoms with Crippen molar-refractivity contribution < 1.29 is 18.1 Å². The fourth-order valence-electron chi connectivity index (χ4n) is 4.02. The molecule has 0 spiro atoms. The average molecular weight is 360 g/mol. The number of para-hydroxylation sites is 1. The van der Waals surface area contributed by atoms with Gasteiger partial charge in [-0.25, -0.2) is 0 Å². The highest BCUT2D eigenvalue weighted by Gasteiger charge is 2.43. The lowest BCUT2D eigenvalue weighted by atomic mass is 9.76. The van der Waals surface area contributed by atoms with Crippen LogP contribution >= 0.6 is 0 Å². The minimum absolute atomic E-state index is 0.0213. The summed E-state index contributed by atoms with van der Waals surface area (Å²) >= 11 is 0. The number of rotatable bonds is 2. The van der Waals surface area contributed by atoms with Crippen molar-refractivity contribution in [1.82, 2.24) is 0 Å². The third kappa shape index (κ3) is 2.64. The van der Waals surface area contributed by atoms with Crippen LogP contribution in [0.2, 0.25) is 0 Å². The molecule has 0 saturated heterocycles. The molecule has 0 aromatic heterocycles. The second kappa shape index (κ2) is 5.86. The van der Waals surface area contributed by atoms with Crippen molar-refractivity contribution in [2.45, 2.75) is 24.6 Å². The molecule has 4 nitrogen and oxygen atoms in total. The van der Waals surface area contributed by atoms with E-state index in [1.165, 1.54) is 18.2 Å². The van der Waals surface area contributed by atoms with Gasteiger partial charge < -0.3 is 5.32 Å². The SMILES string of the molecule is O=[N+]([O-])c1cccc([C@H]2Nc3c(cccc3C(F)(F)F)[C@@H]3C=CC[C@H]23)c1. The molecule has 0 saturated carbocycles. The van der Waals surface area contributed by atoms with Gasteiger partial charge in [0.2, 0.25) is 0 Å². The van der Waals surface area contributed by atoms with E-state index in [1.807, 2.05) is 12.2 Å². The second-order valence-electron chi connectivity index (χ2n) is 6.60. The summed E-state index contributed by atoms with van der Waals surface area (Å²) in [7, 11) is 0. The number of halogens is 3. The van der Waals surface area contributed by atoms with E-state index in [1.54, 1.807) is 18.2 Å². The molecule has 2 aliphatic rings. The smallest absolute Gasteiger partial charge is 0.377 e. The Kier molecular flexibility index (Phi) is 3.75. The number of allylic oxidation sites excluding steroid dienone is 2. The highest BCUT2D eigenvalue weighted by molar-refractivity contribution is 5.65. The first kappa shape index (κ1) is 16.6. The maximum absolute atomic E-state index is 13.5. The molecule has 0 fully saturated rings. The molecule has 7 heteroatoms. The van der Waals surface area contributed by atoms with E-state index in [0.717, 1.165) is 6.07 Å². The number of nitro benzene ring substituents is 1. The van der Waals surface area contributed by atoms with Crippen LogP contribution in [0.15, 0.2) is 54.6 Å². The Hall–Kier alpha value is -2.83. The third-order valence-electron chi connectivity index (χ3n) is 5.14. The van der Waals surface area contributed by atoms with Gasteiger partial charge in [0.1, 0.15) is 0 Å². The van der Waals surface area contributed by atoms with Gasteiger partial charge in [0.15, 0.2) is 0 Å². The molecule has 2 aromatic carbocycles. The van der Waals surface area contributed by atoms with Crippen LogP contribution in [0.25, 0.3) is 0 Å². The van der Waals surface area contributed by atoms with Crippen LogP contribution in [0.3, 0.4) is 0 Å². The second-order valence-corrected chi connectivity index (χ2v) is 6.60. The largest absolute Gasteiger partial charge is 0.418 e. The molecule has 0 bridgehead atoms. The first-order valence-electron chi connectivity index (χ1n) is 8.24. The lowest BCUT2D eigenvalue weighted by Gasteiger charge is -2.38. The number of non-ortho nitro benzene ring substituents is 1. The summed E-state index contributed by atoms with van der Waals surface area (Å²) in [6.45, 7) is 0. The summed E-state index contributed by atoms with van der Waals surface area (Å²) in [6, 6.07) is 9.90. The lowest BCUT2D eigenvalue weighted by molar-refractivity contribution is -0.384. The number of nitro groups is 1. The number of hydrogen-bond donors (Lipinski definition) is 1. The molecular formula is C19H15F3N2O2. The minimum Gasteiger partial charge on any atom is -0.377 e.